The molecule has 0 aliphatic carbocycles. The summed E-state index contributed by atoms with van der Waals surface area (Å²) >= 11 is 3.12. The number of carbonyl (C=O) groups excluding carboxylic acids is 1. The molecule has 0 fully saturated rings. The summed E-state index contributed by atoms with van der Waals surface area (Å²) in [7, 11) is 0. The summed E-state index contributed by atoms with van der Waals surface area (Å²) in [5.74, 6) is -0.763. The molecule has 0 heterocycles. The van der Waals surface area contributed by atoms with Gasteiger partial charge in [0.05, 0.1) is 18.6 Å². The largest absolute Gasteiger partial charge is 0.466 e. The van der Waals surface area contributed by atoms with E-state index in [0.29, 0.717) is 4.47 Å². The van der Waals surface area contributed by atoms with Gasteiger partial charge in [0.25, 0.3) is 0 Å². The molecule has 102 valence electrons. The van der Waals surface area contributed by atoms with E-state index in [0.717, 1.165) is 6.07 Å². The van der Waals surface area contributed by atoms with E-state index < -0.39 is 12.6 Å². The monoisotopic (exact) mass is 333 g/mol. The maximum atomic E-state index is 12.3. The molecule has 0 bridgehead atoms. The summed E-state index contributed by atoms with van der Waals surface area (Å²) in [6.45, 7) is -1.20. The molecular weight excluding hydrogens is 324 g/mol. The fourth-order valence-electron chi connectivity index (χ4n) is 1.39. The average Bonchev–Trinajstić information content (AvgIpc) is 2.32. The standard InChI is InChI=1S/C12H10BrF2NO3/c1-2-18-11(17)5-7-3-9(13)8(6-16)4-10(7)19-12(14)15/h3-4,12H,2,5H2,1H3. The summed E-state index contributed by atoms with van der Waals surface area (Å²) in [5.41, 5.74) is 0.368. The predicted molar refractivity (Wildman–Crippen MR) is 65.8 cm³/mol. The Morgan fingerprint density at radius 3 is 2.74 bits per heavy atom. The molecule has 0 unspecified atom stereocenters. The molecule has 1 aromatic rings. The second-order valence-corrected chi connectivity index (χ2v) is 4.27. The Balaban J connectivity index is 3.10. The maximum Gasteiger partial charge on any atom is 0.387 e. The van der Waals surface area contributed by atoms with Crippen molar-refractivity contribution in [1.29, 1.82) is 5.26 Å². The van der Waals surface area contributed by atoms with Crippen molar-refractivity contribution in [2.45, 2.75) is 20.0 Å². The van der Waals surface area contributed by atoms with E-state index in [1.165, 1.54) is 6.07 Å². The van der Waals surface area contributed by atoms with E-state index in [9.17, 15) is 13.6 Å². The zero-order valence-corrected chi connectivity index (χ0v) is 11.5. The van der Waals surface area contributed by atoms with Gasteiger partial charge in [0.15, 0.2) is 0 Å². The molecule has 1 rings (SSSR count). The van der Waals surface area contributed by atoms with Crippen LogP contribution in [0.25, 0.3) is 0 Å². The van der Waals surface area contributed by atoms with Gasteiger partial charge in [-0.05, 0) is 35.0 Å². The Hall–Kier alpha value is -1.68. The highest BCUT2D eigenvalue weighted by molar-refractivity contribution is 9.10. The van der Waals surface area contributed by atoms with Gasteiger partial charge in [-0.15, -0.1) is 0 Å². The van der Waals surface area contributed by atoms with Crippen molar-refractivity contribution in [2.75, 3.05) is 6.61 Å². The van der Waals surface area contributed by atoms with Gasteiger partial charge in [0.1, 0.15) is 11.8 Å². The van der Waals surface area contributed by atoms with Crippen LogP contribution in [0.15, 0.2) is 16.6 Å². The van der Waals surface area contributed by atoms with Gasteiger partial charge in [-0.2, -0.15) is 14.0 Å². The molecule has 0 N–H and O–H groups in total. The number of hydrogen-bond donors (Lipinski definition) is 0. The van der Waals surface area contributed by atoms with E-state index in [-0.39, 0.29) is 29.9 Å². The number of rotatable bonds is 5. The van der Waals surface area contributed by atoms with E-state index in [2.05, 4.69) is 20.7 Å². The average molecular weight is 334 g/mol. The molecule has 4 nitrogen and oxygen atoms in total. The number of hydrogen-bond acceptors (Lipinski definition) is 4. The smallest absolute Gasteiger partial charge is 0.387 e. The predicted octanol–water partition coefficient (Wildman–Crippen LogP) is 3.03. The minimum Gasteiger partial charge on any atom is -0.466 e. The first kappa shape index (κ1) is 15.4. The molecule has 0 saturated carbocycles. The number of nitrogens with zero attached hydrogens (tertiary/aromatic N) is 1. The van der Waals surface area contributed by atoms with Crippen molar-refractivity contribution in [3.05, 3.63) is 27.7 Å². The normalized spacial score (nSPS) is 10.1. The molecular formula is C12H10BrF2NO3. The zero-order chi connectivity index (χ0) is 14.4. The van der Waals surface area contributed by atoms with Crippen LogP contribution in [0.2, 0.25) is 0 Å². The molecule has 7 heteroatoms. The van der Waals surface area contributed by atoms with E-state index >= 15 is 0 Å². The summed E-state index contributed by atoms with van der Waals surface area (Å²) in [4.78, 5) is 11.4. The topological polar surface area (TPSA) is 59.3 Å². The lowest BCUT2D eigenvalue weighted by Gasteiger charge is -2.11. The van der Waals surface area contributed by atoms with Crippen LogP contribution in [0, 0.1) is 11.3 Å². The number of benzene rings is 1. The molecule has 0 atom stereocenters. The van der Waals surface area contributed by atoms with Crippen LogP contribution in [-0.2, 0) is 16.0 Å². The van der Waals surface area contributed by atoms with Crippen LogP contribution < -0.4 is 4.74 Å². The number of nitriles is 1. The van der Waals surface area contributed by atoms with Gasteiger partial charge in [-0.3, -0.25) is 4.79 Å². The third kappa shape index (κ3) is 4.48. The van der Waals surface area contributed by atoms with Gasteiger partial charge in [0, 0.05) is 10.0 Å². The van der Waals surface area contributed by atoms with Crippen molar-refractivity contribution < 1.29 is 23.0 Å². The van der Waals surface area contributed by atoms with Crippen LogP contribution >= 0.6 is 15.9 Å². The lowest BCUT2D eigenvalue weighted by molar-refractivity contribution is -0.142. The SMILES string of the molecule is CCOC(=O)Cc1cc(Br)c(C#N)cc1OC(F)F. The molecule has 0 aromatic heterocycles. The van der Waals surface area contributed by atoms with Crippen LogP contribution in [0.3, 0.4) is 0 Å². The van der Waals surface area contributed by atoms with Crippen LogP contribution in [0.1, 0.15) is 18.1 Å². The molecule has 0 aliphatic heterocycles. The van der Waals surface area contributed by atoms with E-state index in [4.69, 9.17) is 10.00 Å². The number of esters is 1. The van der Waals surface area contributed by atoms with Crippen molar-refractivity contribution >= 4 is 21.9 Å². The highest BCUT2D eigenvalue weighted by Gasteiger charge is 2.16. The van der Waals surface area contributed by atoms with Crippen LogP contribution in [0.4, 0.5) is 8.78 Å². The Kier molecular flexibility index (Phi) is 5.70. The van der Waals surface area contributed by atoms with Crippen molar-refractivity contribution in [3.8, 4) is 11.8 Å². The molecule has 0 amide bonds. The lowest BCUT2D eigenvalue weighted by Crippen LogP contribution is -2.11. The number of carbonyl (C=O) groups is 1. The van der Waals surface area contributed by atoms with Gasteiger partial charge in [0.2, 0.25) is 0 Å². The van der Waals surface area contributed by atoms with Gasteiger partial charge in [-0.25, -0.2) is 0 Å². The second kappa shape index (κ2) is 7.04. The lowest BCUT2D eigenvalue weighted by atomic mass is 10.1. The minimum atomic E-state index is -3.03. The third-order valence-corrected chi connectivity index (χ3v) is 2.78. The molecule has 0 radical (unpaired) electrons. The summed E-state index contributed by atoms with van der Waals surface area (Å²) in [6, 6.07) is 4.38. The summed E-state index contributed by atoms with van der Waals surface area (Å²) in [5, 5.41) is 8.82. The maximum absolute atomic E-state index is 12.3. The highest BCUT2D eigenvalue weighted by Crippen LogP contribution is 2.29. The molecule has 0 spiro atoms. The Morgan fingerprint density at radius 1 is 1.53 bits per heavy atom. The van der Waals surface area contributed by atoms with Gasteiger partial charge in [-0.1, -0.05) is 0 Å². The van der Waals surface area contributed by atoms with E-state index in [1.54, 1.807) is 6.92 Å². The first-order chi connectivity index (χ1) is 8.97. The third-order valence-electron chi connectivity index (χ3n) is 2.13. The minimum absolute atomic E-state index is 0.142. The van der Waals surface area contributed by atoms with Crippen LogP contribution in [0.5, 0.6) is 5.75 Å². The van der Waals surface area contributed by atoms with Gasteiger partial charge < -0.3 is 9.47 Å². The fourth-order valence-corrected chi connectivity index (χ4v) is 1.87. The molecule has 19 heavy (non-hydrogen) atoms. The number of halogens is 3. The van der Waals surface area contributed by atoms with Crippen molar-refractivity contribution in [2.24, 2.45) is 0 Å². The number of alkyl halides is 2. The summed E-state index contributed by atoms with van der Waals surface area (Å²) in [6.07, 6.45) is -0.208. The second-order valence-electron chi connectivity index (χ2n) is 3.41. The molecule has 0 saturated heterocycles. The first-order valence-electron chi connectivity index (χ1n) is 5.30. The van der Waals surface area contributed by atoms with Crippen molar-refractivity contribution in [1.82, 2.24) is 0 Å². The van der Waals surface area contributed by atoms with Crippen molar-refractivity contribution in [3.63, 3.8) is 0 Å². The molecule has 0 aliphatic rings. The Morgan fingerprint density at radius 2 is 2.21 bits per heavy atom. The number of ether oxygens (including phenoxy) is 2. The fraction of sp³-hybridized carbons (Fsp3) is 0.333. The highest BCUT2D eigenvalue weighted by atomic mass is 79.9. The van der Waals surface area contributed by atoms with Gasteiger partial charge >= 0.3 is 12.6 Å². The first-order valence-corrected chi connectivity index (χ1v) is 6.10. The van der Waals surface area contributed by atoms with Crippen LogP contribution in [-0.4, -0.2) is 19.2 Å². The molecule has 1 aromatic carbocycles. The Labute approximate surface area is 117 Å². The van der Waals surface area contributed by atoms with E-state index in [1.807, 2.05) is 6.07 Å². The zero-order valence-electron chi connectivity index (χ0n) is 9.95. The summed E-state index contributed by atoms with van der Waals surface area (Å²) < 4.78 is 34.0. The Bertz CT molecular complexity index is 514. The quantitative estimate of drug-likeness (QED) is 0.777.